The molecule has 0 fully saturated rings. The number of nitrogens with one attached hydrogen (secondary N) is 2. The number of ether oxygens (including phenoxy) is 1. The molecule has 1 rings (SSSR count). The van der Waals surface area contributed by atoms with Gasteiger partial charge in [-0.15, -0.1) is 0 Å². The first-order valence-electron chi connectivity index (χ1n) is 7.07. The molecule has 0 aliphatic heterocycles. The Morgan fingerprint density at radius 1 is 1.21 bits per heavy atom. The van der Waals surface area contributed by atoms with Crippen LogP contribution in [-0.2, 0) is 14.3 Å². The van der Waals surface area contributed by atoms with Gasteiger partial charge in [-0.3, -0.25) is 9.59 Å². The van der Waals surface area contributed by atoms with Gasteiger partial charge in [0.05, 0.1) is 22.4 Å². The highest BCUT2D eigenvalue weighted by molar-refractivity contribution is 6.38. The molecule has 0 heterocycles. The average Bonchev–Trinajstić information content (AvgIpc) is 2.48. The van der Waals surface area contributed by atoms with Crippen LogP contribution in [0.25, 0.3) is 0 Å². The van der Waals surface area contributed by atoms with Crippen LogP contribution in [0.2, 0.25) is 10.0 Å². The Bertz CT molecular complexity index is 700. The van der Waals surface area contributed by atoms with Crippen molar-refractivity contribution >= 4 is 46.5 Å². The molecule has 0 radical (unpaired) electrons. The van der Waals surface area contributed by atoms with Gasteiger partial charge in [-0.1, -0.05) is 23.2 Å². The fraction of sp³-hybridized carbons (Fsp3) is 0.312. The summed E-state index contributed by atoms with van der Waals surface area (Å²) in [6.45, 7) is 4.59. The van der Waals surface area contributed by atoms with E-state index in [1.165, 1.54) is 32.3 Å². The SMILES string of the molecule is CNC(=O)c1cc(Cl)cc(NC=C(C(C)=O)C(=O)OC(C)C)c1Cl. The van der Waals surface area contributed by atoms with Crippen LogP contribution in [0.5, 0.6) is 0 Å². The van der Waals surface area contributed by atoms with Crippen LogP contribution < -0.4 is 10.6 Å². The number of halogens is 2. The van der Waals surface area contributed by atoms with Gasteiger partial charge < -0.3 is 15.4 Å². The molecule has 0 aliphatic rings. The summed E-state index contributed by atoms with van der Waals surface area (Å²) in [6.07, 6.45) is 0.813. The van der Waals surface area contributed by atoms with E-state index in [-0.39, 0.29) is 33.0 Å². The Kier molecular flexibility index (Phi) is 7.25. The molecule has 0 saturated heterocycles. The zero-order chi connectivity index (χ0) is 18.4. The minimum Gasteiger partial charge on any atom is -0.459 e. The fourth-order valence-corrected chi connectivity index (χ4v) is 2.19. The number of carbonyl (C=O) groups is 3. The number of amides is 1. The average molecular weight is 373 g/mol. The van der Waals surface area contributed by atoms with E-state index >= 15 is 0 Å². The van der Waals surface area contributed by atoms with E-state index in [0.29, 0.717) is 0 Å². The van der Waals surface area contributed by atoms with Crippen molar-refractivity contribution in [3.63, 3.8) is 0 Å². The van der Waals surface area contributed by atoms with Gasteiger partial charge in [0, 0.05) is 18.3 Å². The predicted octanol–water partition coefficient (Wildman–Crippen LogP) is 3.19. The number of rotatable bonds is 6. The monoisotopic (exact) mass is 372 g/mol. The Morgan fingerprint density at radius 3 is 2.33 bits per heavy atom. The first-order chi connectivity index (χ1) is 11.2. The summed E-state index contributed by atoms with van der Waals surface area (Å²) in [4.78, 5) is 35.3. The van der Waals surface area contributed by atoms with Gasteiger partial charge in [-0.25, -0.2) is 4.79 Å². The molecule has 24 heavy (non-hydrogen) atoms. The van der Waals surface area contributed by atoms with E-state index in [0.717, 1.165) is 0 Å². The van der Waals surface area contributed by atoms with Gasteiger partial charge >= 0.3 is 5.97 Å². The normalized spacial score (nSPS) is 11.2. The lowest BCUT2D eigenvalue weighted by atomic mass is 10.1. The van der Waals surface area contributed by atoms with Crippen molar-refractivity contribution in [1.29, 1.82) is 0 Å². The number of esters is 1. The van der Waals surface area contributed by atoms with Crippen molar-refractivity contribution in [2.45, 2.75) is 26.9 Å². The fourth-order valence-electron chi connectivity index (χ4n) is 1.73. The molecular formula is C16H18Cl2N2O4. The second kappa shape index (κ2) is 8.70. The maximum atomic E-state index is 11.9. The summed E-state index contributed by atoms with van der Waals surface area (Å²) in [5.74, 6) is -1.65. The summed E-state index contributed by atoms with van der Waals surface area (Å²) in [6, 6.07) is 2.88. The minimum absolute atomic E-state index is 0.107. The molecule has 0 spiro atoms. The van der Waals surface area contributed by atoms with E-state index in [1.807, 2.05) is 0 Å². The molecule has 8 heteroatoms. The Labute approximate surface area is 150 Å². The summed E-state index contributed by atoms with van der Waals surface area (Å²) in [5, 5.41) is 5.55. The Hall–Kier alpha value is -2.05. The van der Waals surface area contributed by atoms with E-state index in [4.69, 9.17) is 27.9 Å². The van der Waals surface area contributed by atoms with E-state index in [2.05, 4.69) is 10.6 Å². The summed E-state index contributed by atoms with van der Waals surface area (Å²) in [7, 11) is 1.46. The first-order valence-corrected chi connectivity index (χ1v) is 7.82. The van der Waals surface area contributed by atoms with Crippen LogP contribution in [0.15, 0.2) is 23.9 Å². The van der Waals surface area contributed by atoms with Crippen molar-refractivity contribution in [1.82, 2.24) is 5.32 Å². The molecule has 2 N–H and O–H groups in total. The standard InChI is InChI=1S/C16H18Cl2N2O4/c1-8(2)24-16(23)12(9(3)21)7-20-13-6-10(17)5-11(14(13)18)15(22)19-4/h5-8,20H,1-4H3,(H,19,22). The largest absolute Gasteiger partial charge is 0.459 e. The number of ketones is 1. The van der Waals surface area contributed by atoms with Crippen LogP contribution in [0.1, 0.15) is 31.1 Å². The van der Waals surface area contributed by atoms with Crippen LogP contribution >= 0.6 is 23.2 Å². The van der Waals surface area contributed by atoms with Crippen molar-refractivity contribution in [3.8, 4) is 0 Å². The summed E-state index contributed by atoms with van der Waals surface area (Å²) in [5.41, 5.74) is 0.261. The lowest BCUT2D eigenvalue weighted by Crippen LogP contribution is -2.19. The molecule has 1 amide bonds. The number of hydrogen-bond acceptors (Lipinski definition) is 5. The van der Waals surface area contributed by atoms with Gasteiger partial charge in [0.15, 0.2) is 5.78 Å². The van der Waals surface area contributed by atoms with Crippen molar-refractivity contribution in [3.05, 3.63) is 39.5 Å². The number of Topliss-reactive ketones (excluding diaryl/α,β-unsaturated/α-hetero) is 1. The van der Waals surface area contributed by atoms with Gasteiger partial charge in [0.2, 0.25) is 0 Å². The minimum atomic E-state index is -0.755. The maximum Gasteiger partial charge on any atom is 0.343 e. The van der Waals surface area contributed by atoms with Crippen LogP contribution in [0.4, 0.5) is 5.69 Å². The molecule has 6 nitrogen and oxygen atoms in total. The molecule has 0 aromatic heterocycles. The van der Waals surface area contributed by atoms with Gasteiger partial charge in [0.1, 0.15) is 5.57 Å². The van der Waals surface area contributed by atoms with E-state index in [1.54, 1.807) is 13.8 Å². The predicted molar refractivity (Wildman–Crippen MR) is 93.5 cm³/mol. The highest BCUT2D eigenvalue weighted by atomic mass is 35.5. The molecule has 1 aromatic carbocycles. The van der Waals surface area contributed by atoms with Crippen LogP contribution in [-0.4, -0.2) is 30.8 Å². The van der Waals surface area contributed by atoms with Crippen molar-refractivity contribution in [2.75, 3.05) is 12.4 Å². The quantitative estimate of drug-likeness (QED) is 0.346. The number of benzene rings is 1. The van der Waals surface area contributed by atoms with E-state index in [9.17, 15) is 14.4 Å². The third-order valence-corrected chi connectivity index (χ3v) is 3.45. The third kappa shape index (κ3) is 5.25. The topological polar surface area (TPSA) is 84.5 Å². The first kappa shape index (κ1) is 20.0. The summed E-state index contributed by atoms with van der Waals surface area (Å²) >= 11 is 12.1. The second-order valence-corrected chi connectivity index (χ2v) is 5.92. The van der Waals surface area contributed by atoms with Gasteiger partial charge in [-0.2, -0.15) is 0 Å². The van der Waals surface area contributed by atoms with E-state index < -0.39 is 17.7 Å². The van der Waals surface area contributed by atoms with Crippen molar-refractivity contribution < 1.29 is 19.1 Å². The highest BCUT2D eigenvalue weighted by Crippen LogP contribution is 2.30. The van der Waals surface area contributed by atoms with Gasteiger partial charge in [0.25, 0.3) is 5.91 Å². The molecular weight excluding hydrogens is 355 g/mol. The lowest BCUT2D eigenvalue weighted by molar-refractivity contribution is -0.143. The number of anilines is 1. The zero-order valence-electron chi connectivity index (χ0n) is 13.7. The summed E-state index contributed by atoms with van der Waals surface area (Å²) < 4.78 is 5.00. The smallest absolute Gasteiger partial charge is 0.343 e. The molecule has 0 atom stereocenters. The molecule has 0 aliphatic carbocycles. The lowest BCUT2D eigenvalue weighted by Gasteiger charge is -2.12. The van der Waals surface area contributed by atoms with Crippen LogP contribution in [0, 0.1) is 0 Å². The molecule has 0 bridgehead atoms. The number of hydrogen-bond donors (Lipinski definition) is 2. The maximum absolute atomic E-state index is 11.9. The molecule has 130 valence electrons. The number of carbonyl (C=O) groups excluding carboxylic acids is 3. The Morgan fingerprint density at radius 2 is 1.83 bits per heavy atom. The Balaban J connectivity index is 3.19. The second-order valence-electron chi connectivity index (χ2n) is 5.11. The van der Waals surface area contributed by atoms with Crippen molar-refractivity contribution in [2.24, 2.45) is 0 Å². The zero-order valence-corrected chi connectivity index (χ0v) is 15.2. The molecule has 0 saturated carbocycles. The highest BCUT2D eigenvalue weighted by Gasteiger charge is 2.18. The third-order valence-electron chi connectivity index (χ3n) is 2.82. The molecule has 0 unspecified atom stereocenters. The molecule has 1 aromatic rings. The van der Waals surface area contributed by atoms with Gasteiger partial charge in [-0.05, 0) is 32.9 Å². The van der Waals surface area contributed by atoms with Crippen LogP contribution in [0.3, 0.4) is 0 Å².